The van der Waals surface area contributed by atoms with Gasteiger partial charge < -0.3 is 39.9 Å². The summed E-state index contributed by atoms with van der Waals surface area (Å²) in [7, 11) is 0. The van der Waals surface area contributed by atoms with Crippen LogP contribution in [0, 0.1) is 6.92 Å². The molecule has 12 heteroatoms. The van der Waals surface area contributed by atoms with Gasteiger partial charge in [0, 0.05) is 36.9 Å². The van der Waals surface area contributed by atoms with E-state index in [2.05, 4.69) is 25.6 Å². The van der Waals surface area contributed by atoms with Crippen molar-refractivity contribution in [3.05, 3.63) is 52.4 Å². The molecule has 0 saturated carbocycles. The average molecular weight is 524 g/mol. The first-order valence-electron chi connectivity index (χ1n) is 13.0. The number of rotatable bonds is 6. The predicted molar refractivity (Wildman–Crippen MR) is 142 cm³/mol. The van der Waals surface area contributed by atoms with E-state index in [1.807, 2.05) is 36.1 Å². The molecular weight excluding hydrogens is 490 g/mol. The number of aliphatic hydroxyl groups is 1. The summed E-state index contributed by atoms with van der Waals surface area (Å²) >= 11 is 0. The summed E-state index contributed by atoms with van der Waals surface area (Å²) in [5.74, 6) is 0.683. The van der Waals surface area contributed by atoms with Gasteiger partial charge in [-0.3, -0.25) is 9.59 Å². The Kier molecular flexibility index (Phi) is 7.50. The van der Waals surface area contributed by atoms with Gasteiger partial charge in [0.05, 0.1) is 12.2 Å². The Morgan fingerprint density at radius 1 is 1.18 bits per heavy atom. The van der Waals surface area contributed by atoms with Gasteiger partial charge in [-0.1, -0.05) is 0 Å². The maximum absolute atomic E-state index is 13.5. The zero-order chi connectivity index (χ0) is 26.6. The van der Waals surface area contributed by atoms with Crippen LogP contribution in [0.15, 0.2) is 44.7 Å². The monoisotopic (exact) mass is 523 g/mol. The van der Waals surface area contributed by atoms with E-state index in [4.69, 9.17) is 4.42 Å². The fraction of sp³-hybridized carbons (Fsp3) is 0.462. The highest BCUT2D eigenvalue weighted by Crippen LogP contribution is 2.23. The van der Waals surface area contributed by atoms with Crippen LogP contribution in [-0.2, 0) is 9.59 Å². The molecule has 5 N–H and O–H groups in total. The normalized spacial score (nSPS) is 19.6. The topological polar surface area (TPSA) is 159 Å². The minimum atomic E-state index is -1.30. The molecule has 1 unspecified atom stereocenters. The van der Waals surface area contributed by atoms with Gasteiger partial charge in [-0.2, -0.15) is 0 Å². The van der Waals surface area contributed by atoms with Crippen molar-refractivity contribution in [2.24, 2.45) is 4.99 Å². The van der Waals surface area contributed by atoms with E-state index < -0.39 is 18.0 Å². The number of aliphatic hydroxyl groups excluding tert-OH is 1. The highest BCUT2D eigenvalue weighted by atomic mass is 16.3. The lowest BCUT2D eigenvalue weighted by Gasteiger charge is -2.25. The number of H-pyrrole nitrogens is 2. The number of carbonyl (C=O) groups excluding carboxylic acids is 2. The second-order valence-corrected chi connectivity index (χ2v) is 9.82. The first-order chi connectivity index (χ1) is 18.4. The summed E-state index contributed by atoms with van der Waals surface area (Å²) in [6.45, 7) is 3.89. The van der Waals surface area contributed by atoms with Crippen LogP contribution in [0.4, 0.5) is 5.69 Å². The quantitative estimate of drug-likeness (QED) is 0.187. The molecule has 0 aliphatic carbocycles. The summed E-state index contributed by atoms with van der Waals surface area (Å²) in [6, 6.07) is 6.68. The van der Waals surface area contributed by atoms with E-state index in [1.165, 1.54) is 6.20 Å². The molecule has 5 rings (SSSR count). The van der Waals surface area contributed by atoms with E-state index >= 15 is 0 Å². The van der Waals surface area contributed by atoms with Crippen LogP contribution in [0.3, 0.4) is 0 Å². The maximum atomic E-state index is 13.5. The Morgan fingerprint density at radius 3 is 2.74 bits per heavy atom. The van der Waals surface area contributed by atoms with E-state index in [0.29, 0.717) is 18.7 Å². The molecule has 2 aromatic heterocycles. The Labute approximate surface area is 219 Å². The molecular formula is C26H33N7O5. The minimum Gasteiger partial charge on any atom is -0.461 e. The van der Waals surface area contributed by atoms with Crippen molar-refractivity contribution in [3.8, 4) is 0 Å². The molecule has 1 aromatic carbocycles. The van der Waals surface area contributed by atoms with Crippen molar-refractivity contribution in [3.63, 3.8) is 0 Å². The third-order valence-electron chi connectivity index (χ3n) is 6.91. The first-order valence-corrected chi connectivity index (χ1v) is 13.0. The second kappa shape index (κ2) is 11.1. The maximum Gasteiger partial charge on any atom is 0.323 e. The standard InChI is InChI=1S/C26H33N7O5/c1-16-12-17-13-18(7-8-21(17)38-16)28-25(31-23(35)20-14-27-26(37)30-20)29-19-6-2-3-11-33(24(19)36)15-22(34)32-9-4-5-10-32/h7-8,12-14,19,23,35H,2-6,9-11,15H2,1H3,(H2,27,30,37)(H2,28,29,31)/t19-,23?/m0/s1. The van der Waals surface area contributed by atoms with E-state index in [0.717, 1.165) is 55.5 Å². The van der Waals surface area contributed by atoms with Crippen molar-refractivity contribution in [2.75, 3.05) is 31.5 Å². The highest BCUT2D eigenvalue weighted by Gasteiger charge is 2.30. The largest absolute Gasteiger partial charge is 0.461 e. The Bertz CT molecular complexity index is 1380. The number of likely N-dealkylation sites (tertiary alicyclic amines) is 2. The molecule has 2 atom stereocenters. The van der Waals surface area contributed by atoms with Gasteiger partial charge in [0.15, 0.2) is 12.2 Å². The van der Waals surface area contributed by atoms with Crippen LogP contribution >= 0.6 is 0 Å². The SMILES string of the molecule is Cc1cc2cc(NC(=N[C@H]3CCCCN(CC(=O)N4CCCC4)C3=O)NC(O)c3c[nH]c(=O)[nH]3)ccc2o1. The van der Waals surface area contributed by atoms with Crippen molar-refractivity contribution >= 4 is 34.4 Å². The molecule has 3 aromatic rings. The van der Waals surface area contributed by atoms with Crippen molar-refractivity contribution in [1.82, 2.24) is 25.1 Å². The molecule has 2 fully saturated rings. The molecule has 4 heterocycles. The number of aliphatic imine (C=N–C) groups is 1. The summed E-state index contributed by atoms with van der Waals surface area (Å²) in [4.78, 5) is 50.8. The number of aromatic amines is 2. The number of guanidine groups is 1. The lowest BCUT2D eigenvalue weighted by molar-refractivity contribution is -0.140. The van der Waals surface area contributed by atoms with Crippen LogP contribution in [0.1, 0.15) is 49.8 Å². The molecule has 2 aliphatic rings. The third kappa shape index (κ3) is 5.91. The van der Waals surface area contributed by atoms with Crippen LogP contribution in [-0.4, -0.2) is 74.9 Å². The lowest BCUT2D eigenvalue weighted by atomic mass is 10.1. The van der Waals surface area contributed by atoms with E-state index in [-0.39, 0.29) is 30.0 Å². The molecule has 0 radical (unpaired) electrons. The molecule has 0 spiro atoms. The number of fused-ring (bicyclic) bond motifs is 1. The molecule has 2 amide bonds. The number of aryl methyl sites for hydroxylation is 1. The van der Waals surface area contributed by atoms with Crippen LogP contribution in [0.25, 0.3) is 11.0 Å². The molecule has 202 valence electrons. The van der Waals surface area contributed by atoms with Crippen LogP contribution < -0.4 is 16.3 Å². The van der Waals surface area contributed by atoms with Crippen molar-refractivity contribution < 1.29 is 19.1 Å². The summed E-state index contributed by atoms with van der Waals surface area (Å²) in [5.41, 5.74) is 1.17. The minimum absolute atomic E-state index is 0.0347. The number of nitrogens with zero attached hydrogens (tertiary/aromatic N) is 3. The van der Waals surface area contributed by atoms with Gasteiger partial charge in [0.25, 0.3) is 0 Å². The number of benzene rings is 1. The molecule has 2 saturated heterocycles. The Hall–Kier alpha value is -4.06. The molecule has 38 heavy (non-hydrogen) atoms. The number of imidazole rings is 1. The van der Waals surface area contributed by atoms with Gasteiger partial charge in [0.2, 0.25) is 11.8 Å². The number of amides is 2. The summed E-state index contributed by atoms with van der Waals surface area (Å²) in [6.07, 6.45) is 4.12. The number of nitrogens with one attached hydrogen (secondary N) is 4. The number of hydrogen-bond acceptors (Lipinski definition) is 6. The average Bonchev–Trinajstić information content (AvgIpc) is 3.63. The van der Waals surface area contributed by atoms with Gasteiger partial charge in [-0.15, -0.1) is 0 Å². The Morgan fingerprint density at radius 2 is 1.97 bits per heavy atom. The number of aromatic nitrogens is 2. The van der Waals surface area contributed by atoms with E-state index in [9.17, 15) is 19.5 Å². The summed E-state index contributed by atoms with van der Waals surface area (Å²) < 4.78 is 5.65. The first kappa shape index (κ1) is 25.6. The number of furan rings is 1. The van der Waals surface area contributed by atoms with Gasteiger partial charge >= 0.3 is 5.69 Å². The number of carbonyl (C=O) groups is 2. The van der Waals surface area contributed by atoms with Crippen LogP contribution in [0.2, 0.25) is 0 Å². The second-order valence-electron chi connectivity index (χ2n) is 9.82. The van der Waals surface area contributed by atoms with Gasteiger partial charge in [-0.05, 0) is 63.3 Å². The van der Waals surface area contributed by atoms with Gasteiger partial charge in [-0.25, -0.2) is 9.79 Å². The molecule has 2 aliphatic heterocycles. The Balaban J connectivity index is 1.39. The molecule has 12 nitrogen and oxygen atoms in total. The van der Waals surface area contributed by atoms with Crippen LogP contribution in [0.5, 0.6) is 0 Å². The fourth-order valence-electron chi connectivity index (χ4n) is 4.94. The highest BCUT2D eigenvalue weighted by molar-refractivity contribution is 5.98. The molecule has 0 bridgehead atoms. The zero-order valence-corrected chi connectivity index (χ0v) is 21.3. The number of hydrogen-bond donors (Lipinski definition) is 5. The predicted octanol–water partition coefficient (Wildman–Crippen LogP) is 1.81. The third-order valence-corrected chi connectivity index (χ3v) is 6.91. The number of anilines is 1. The van der Waals surface area contributed by atoms with Crippen molar-refractivity contribution in [2.45, 2.75) is 51.3 Å². The van der Waals surface area contributed by atoms with Crippen molar-refractivity contribution in [1.29, 1.82) is 0 Å². The lowest BCUT2D eigenvalue weighted by Crippen LogP contribution is -2.45. The van der Waals surface area contributed by atoms with E-state index in [1.54, 1.807) is 4.90 Å². The zero-order valence-electron chi connectivity index (χ0n) is 21.3. The smallest absolute Gasteiger partial charge is 0.323 e. The fourth-order valence-corrected chi connectivity index (χ4v) is 4.94. The van der Waals surface area contributed by atoms with Gasteiger partial charge in [0.1, 0.15) is 17.4 Å². The summed E-state index contributed by atoms with van der Waals surface area (Å²) in [5, 5.41) is 17.6.